The molecule has 0 spiro atoms. The number of hydroxylamine groups is 1. The van der Waals surface area contributed by atoms with Crippen LogP contribution >= 0.6 is 0 Å². The van der Waals surface area contributed by atoms with E-state index in [4.69, 9.17) is 9.94 Å². The molecular formula is C9H10N2O5. The summed E-state index contributed by atoms with van der Waals surface area (Å²) >= 11 is 0. The van der Waals surface area contributed by atoms with Crippen molar-refractivity contribution in [1.82, 2.24) is 5.48 Å². The molecule has 2 N–H and O–H groups in total. The van der Waals surface area contributed by atoms with Crippen molar-refractivity contribution in [3.05, 3.63) is 33.9 Å². The molecule has 0 aliphatic carbocycles. The maximum absolute atomic E-state index is 11.2. The van der Waals surface area contributed by atoms with Crippen molar-refractivity contribution in [3.8, 4) is 5.75 Å². The first-order chi connectivity index (χ1) is 7.61. The number of ether oxygens (including phenoxy) is 1. The molecule has 7 nitrogen and oxygen atoms in total. The number of nitro benzene ring substituents is 1. The summed E-state index contributed by atoms with van der Waals surface area (Å²) in [5, 5.41) is 19.2. The van der Waals surface area contributed by atoms with E-state index in [1.54, 1.807) is 6.92 Å². The van der Waals surface area contributed by atoms with Crippen LogP contribution in [0.15, 0.2) is 18.2 Å². The van der Waals surface area contributed by atoms with Gasteiger partial charge in [0.05, 0.1) is 17.1 Å². The van der Waals surface area contributed by atoms with Crippen LogP contribution in [0, 0.1) is 10.1 Å². The standard InChI is InChI=1S/C9H10N2O5/c1-2-16-8-6(9(12)10-13)4-3-5-7(8)11(14)15/h3-5,13H,2H2,1H3,(H,10,12). The molecular weight excluding hydrogens is 216 g/mol. The zero-order valence-corrected chi connectivity index (χ0v) is 8.47. The summed E-state index contributed by atoms with van der Waals surface area (Å²) in [4.78, 5) is 21.3. The third-order valence-electron chi connectivity index (χ3n) is 1.83. The van der Waals surface area contributed by atoms with Crippen LogP contribution in [0.25, 0.3) is 0 Å². The topological polar surface area (TPSA) is 102 Å². The second-order valence-electron chi connectivity index (χ2n) is 2.78. The Bertz CT molecular complexity index is 418. The van der Waals surface area contributed by atoms with E-state index >= 15 is 0 Å². The van der Waals surface area contributed by atoms with E-state index in [1.165, 1.54) is 23.7 Å². The summed E-state index contributed by atoms with van der Waals surface area (Å²) in [5.74, 6) is -1.01. The van der Waals surface area contributed by atoms with Crippen molar-refractivity contribution in [3.63, 3.8) is 0 Å². The fraction of sp³-hybridized carbons (Fsp3) is 0.222. The highest BCUT2D eigenvalue weighted by atomic mass is 16.6. The largest absolute Gasteiger partial charge is 0.487 e. The average molecular weight is 226 g/mol. The number of carbonyl (C=O) groups is 1. The molecule has 1 aromatic rings. The van der Waals surface area contributed by atoms with Crippen LogP contribution in [-0.4, -0.2) is 22.6 Å². The van der Waals surface area contributed by atoms with Crippen LogP contribution in [0.4, 0.5) is 5.69 Å². The van der Waals surface area contributed by atoms with Gasteiger partial charge in [-0.2, -0.15) is 0 Å². The number of benzene rings is 1. The van der Waals surface area contributed by atoms with E-state index in [-0.39, 0.29) is 23.6 Å². The molecule has 0 atom stereocenters. The van der Waals surface area contributed by atoms with Gasteiger partial charge in [-0.15, -0.1) is 0 Å². The third-order valence-corrected chi connectivity index (χ3v) is 1.83. The molecule has 1 aromatic carbocycles. The fourth-order valence-electron chi connectivity index (χ4n) is 1.20. The molecule has 1 rings (SSSR count). The van der Waals surface area contributed by atoms with Crippen molar-refractivity contribution < 1.29 is 19.7 Å². The molecule has 1 amide bonds. The quantitative estimate of drug-likeness (QED) is 0.455. The molecule has 0 heterocycles. The van der Waals surface area contributed by atoms with Crippen molar-refractivity contribution in [1.29, 1.82) is 0 Å². The monoisotopic (exact) mass is 226 g/mol. The summed E-state index contributed by atoms with van der Waals surface area (Å²) in [7, 11) is 0. The van der Waals surface area contributed by atoms with Gasteiger partial charge in [0.2, 0.25) is 5.75 Å². The third kappa shape index (κ3) is 2.26. The van der Waals surface area contributed by atoms with E-state index in [1.807, 2.05) is 0 Å². The average Bonchev–Trinajstić information content (AvgIpc) is 2.28. The van der Waals surface area contributed by atoms with Crippen LogP contribution in [0.3, 0.4) is 0 Å². The van der Waals surface area contributed by atoms with Gasteiger partial charge in [-0.3, -0.25) is 20.1 Å². The number of amides is 1. The van der Waals surface area contributed by atoms with Gasteiger partial charge in [0, 0.05) is 6.07 Å². The van der Waals surface area contributed by atoms with E-state index in [0.717, 1.165) is 0 Å². The number of hydrogen-bond donors (Lipinski definition) is 2. The highest BCUT2D eigenvalue weighted by molar-refractivity contribution is 5.97. The van der Waals surface area contributed by atoms with E-state index < -0.39 is 10.8 Å². The van der Waals surface area contributed by atoms with Crippen LogP contribution in [0.2, 0.25) is 0 Å². The van der Waals surface area contributed by atoms with Gasteiger partial charge in [-0.1, -0.05) is 6.07 Å². The van der Waals surface area contributed by atoms with Crippen molar-refractivity contribution >= 4 is 11.6 Å². The minimum absolute atomic E-state index is 0.0847. The predicted molar refractivity (Wildman–Crippen MR) is 53.5 cm³/mol. The molecule has 0 unspecified atom stereocenters. The Labute approximate surface area is 90.8 Å². The van der Waals surface area contributed by atoms with Gasteiger partial charge in [-0.25, -0.2) is 5.48 Å². The first kappa shape index (κ1) is 11.9. The van der Waals surface area contributed by atoms with Crippen LogP contribution < -0.4 is 10.2 Å². The maximum atomic E-state index is 11.2. The van der Waals surface area contributed by atoms with Crippen molar-refractivity contribution in [2.45, 2.75) is 6.92 Å². The first-order valence-electron chi connectivity index (χ1n) is 4.46. The van der Waals surface area contributed by atoms with Gasteiger partial charge in [0.25, 0.3) is 5.91 Å². The smallest absolute Gasteiger partial charge is 0.311 e. The first-order valence-corrected chi connectivity index (χ1v) is 4.46. The molecule has 0 aliphatic heterocycles. The molecule has 0 saturated carbocycles. The lowest BCUT2D eigenvalue weighted by Crippen LogP contribution is -2.20. The Morgan fingerprint density at radius 2 is 2.31 bits per heavy atom. The Balaban J connectivity index is 3.32. The highest BCUT2D eigenvalue weighted by Crippen LogP contribution is 2.30. The summed E-state index contributed by atoms with van der Waals surface area (Å²) in [5.41, 5.74) is 1.00. The van der Waals surface area contributed by atoms with Crippen LogP contribution in [-0.2, 0) is 0 Å². The van der Waals surface area contributed by atoms with E-state index in [9.17, 15) is 14.9 Å². The minimum atomic E-state index is -0.854. The fourth-order valence-corrected chi connectivity index (χ4v) is 1.20. The second kappa shape index (κ2) is 5.08. The Morgan fingerprint density at radius 1 is 1.62 bits per heavy atom. The Morgan fingerprint density at radius 3 is 2.81 bits per heavy atom. The summed E-state index contributed by atoms with van der Waals surface area (Å²) in [6.45, 7) is 1.81. The molecule has 0 saturated heterocycles. The number of carbonyl (C=O) groups excluding carboxylic acids is 1. The predicted octanol–water partition coefficient (Wildman–Crippen LogP) is 1.11. The van der Waals surface area contributed by atoms with Gasteiger partial charge in [-0.05, 0) is 13.0 Å². The van der Waals surface area contributed by atoms with Crippen LogP contribution in [0.5, 0.6) is 5.75 Å². The summed E-state index contributed by atoms with van der Waals surface area (Å²) in [6.07, 6.45) is 0. The molecule has 0 aliphatic rings. The van der Waals surface area contributed by atoms with Crippen molar-refractivity contribution in [2.75, 3.05) is 6.61 Å². The lowest BCUT2D eigenvalue weighted by Gasteiger charge is -2.08. The van der Waals surface area contributed by atoms with Gasteiger partial charge < -0.3 is 4.74 Å². The van der Waals surface area contributed by atoms with Gasteiger partial charge in [0.15, 0.2) is 0 Å². The number of hydrogen-bond acceptors (Lipinski definition) is 5. The molecule has 0 fully saturated rings. The molecule has 7 heteroatoms. The van der Waals surface area contributed by atoms with Gasteiger partial charge >= 0.3 is 5.69 Å². The van der Waals surface area contributed by atoms with Crippen molar-refractivity contribution in [2.24, 2.45) is 0 Å². The lowest BCUT2D eigenvalue weighted by molar-refractivity contribution is -0.385. The van der Waals surface area contributed by atoms with E-state index in [2.05, 4.69) is 0 Å². The number of nitrogens with zero attached hydrogens (tertiary/aromatic N) is 1. The van der Waals surface area contributed by atoms with E-state index in [0.29, 0.717) is 0 Å². The zero-order valence-electron chi connectivity index (χ0n) is 8.47. The normalized spacial score (nSPS) is 9.62. The SMILES string of the molecule is CCOc1c(C(=O)NO)cccc1[N+](=O)[O-]. The molecule has 0 bridgehead atoms. The summed E-state index contributed by atoms with van der Waals surface area (Å²) in [6, 6.07) is 3.88. The molecule has 0 aromatic heterocycles. The number of nitro groups is 1. The molecule has 86 valence electrons. The maximum Gasteiger partial charge on any atom is 0.311 e. The molecule has 16 heavy (non-hydrogen) atoms. The lowest BCUT2D eigenvalue weighted by atomic mass is 10.1. The Hall–Kier alpha value is -2.15. The number of nitrogens with one attached hydrogen (secondary N) is 1. The highest BCUT2D eigenvalue weighted by Gasteiger charge is 2.22. The number of rotatable bonds is 4. The van der Waals surface area contributed by atoms with Gasteiger partial charge in [0.1, 0.15) is 0 Å². The van der Waals surface area contributed by atoms with Crippen LogP contribution in [0.1, 0.15) is 17.3 Å². The molecule has 0 radical (unpaired) electrons. The second-order valence-corrected chi connectivity index (χ2v) is 2.78. The summed E-state index contributed by atoms with van der Waals surface area (Å²) < 4.78 is 5.04. The minimum Gasteiger partial charge on any atom is -0.487 e. The Kier molecular flexibility index (Phi) is 3.78. The number of para-hydroxylation sites is 1. The zero-order chi connectivity index (χ0) is 12.1.